The highest BCUT2D eigenvalue weighted by Crippen LogP contribution is 2.42. The molecule has 1 aliphatic heterocycles. The Bertz CT molecular complexity index is 732. The topological polar surface area (TPSA) is 65.1 Å². The average molecular weight is 380 g/mol. The summed E-state index contributed by atoms with van der Waals surface area (Å²) in [6.07, 6.45) is -4.75. The number of esters is 2. The molecule has 25 heavy (non-hydrogen) atoms. The maximum Gasteiger partial charge on any atom is 0.418 e. The molecule has 0 saturated carbocycles. The van der Waals surface area contributed by atoms with E-state index in [9.17, 15) is 22.8 Å². The Labute approximate surface area is 145 Å². The van der Waals surface area contributed by atoms with Crippen LogP contribution in [0, 0.1) is 0 Å². The van der Waals surface area contributed by atoms with Crippen LogP contribution >= 0.6 is 11.6 Å². The molecule has 0 amide bonds. The molecule has 0 fully saturated rings. The van der Waals surface area contributed by atoms with Gasteiger partial charge in [-0.2, -0.15) is 13.2 Å². The standard InChI is InChI=1S/C15H13ClF3NO5/c1-23-13(21)8-6-25-7-20(11(8)14(22)24-2)12-9(15(17,18)19)4-3-5-10(12)16/h3-5H,6-7H2,1-2H3. The van der Waals surface area contributed by atoms with Gasteiger partial charge in [-0.1, -0.05) is 17.7 Å². The first-order chi connectivity index (χ1) is 11.7. The van der Waals surface area contributed by atoms with Crippen LogP contribution in [0.2, 0.25) is 5.02 Å². The first-order valence-electron chi connectivity index (χ1n) is 6.83. The van der Waals surface area contributed by atoms with Gasteiger partial charge < -0.3 is 19.1 Å². The van der Waals surface area contributed by atoms with Crippen LogP contribution in [0.3, 0.4) is 0 Å². The minimum absolute atomic E-state index is 0.270. The molecule has 0 aromatic heterocycles. The minimum atomic E-state index is -4.75. The number of carbonyl (C=O) groups is 2. The summed E-state index contributed by atoms with van der Waals surface area (Å²) < 4.78 is 54.4. The van der Waals surface area contributed by atoms with E-state index in [0.29, 0.717) is 0 Å². The molecule has 2 rings (SSSR count). The van der Waals surface area contributed by atoms with Gasteiger partial charge in [-0.3, -0.25) is 0 Å². The van der Waals surface area contributed by atoms with Gasteiger partial charge in [0, 0.05) is 0 Å². The summed E-state index contributed by atoms with van der Waals surface area (Å²) in [5, 5.41) is -0.272. The zero-order valence-corrected chi connectivity index (χ0v) is 13.9. The highest BCUT2D eigenvalue weighted by molar-refractivity contribution is 6.33. The van der Waals surface area contributed by atoms with Crippen LogP contribution in [0.15, 0.2) is 29.5 Å². The number of methoxy groups -OCH3 is 2. The van der Waals surface area contributed by atoms with Crippen LogP contribution in [-0.4, -0.2) is 39.5 Å². The number of rotatable bonds is 3. The number of ether oxygens (including phenoxy) is 3. The Morgan fingerprint density at radius 2 is 1.84 bits per heavy atom. The second kappa shape index (κ2) is 7.32. The lowest BCUT2D eigenvalue weighted by Gasteiger charge is -2.33. The maximum atomic E-state index is 13.4. The molecule has 1 aliphatic rings. The number of benzene rings is 1. The van der Waals surface area contributed by atoms with E-state index in [1.165, 1.54) is 6.07 Å². The molecule has 1 aromatic rings. The predicted octanol–water partition coefficient (Wildman–Crippen LogP) is 2.75. The third-order valence-corrected chi connectivity index (χ3v) is 3.70. The van der Waals surface area contributed by atoms with Crippen molar-refractivity contribution in [3.63, 3.8) is 0 Å². The van der Waals surface area contributed by atoms with Crippen molar-refractivity contribution < 1.29 is 37.0 Å². The first kappa shape index (κ1) is 19.1. The second-order valence-corrected chi connectivity index (χ2v) is 5.26. The summed E-state index contributed by atoms with van der Waals surface area (Å²) in [5.74, 6) is -1.94. The molecule has 0 N–H and O–H groups in total. The summed E-state index contributed by atoms with van der Waals surface area (Å²) in [7, 11) is 2.11. The van der Waals surface area contributed by atoms with Crippen LogP contribution < -0.4 is 4.90 Å². The highest BCUT2D eigenvalue weighted by Gasteiger charge is 2.40. The molecule has 0 radical (unpaired) electrons. The summed E-state index contributed by atoms with van der Waals surface area (Å²) in [6, 6.07) is 3.16. The lowest BCUT2D eigenvalue weighted by molar-refractivity contribution is -0.141. The molecule has 0 bridgehead atoms. The predicted molar refractivity (Wildman–Crippen MR) is 80.8 cm³/mol. The third kappa shape index (κ3) is 3.72. The van der Waals surface area contributed by atoms with E-state index in [-0.39, 0.29) is 17.2 Å². The van der Waals surface area contributed by atoms with E-state index < -0.39 is 41.8 Å². The van der Waals surface area contributed by atoms with Crippen molar-refractivity contribution >= 4 is 29.2 Å². The van der Waals surface area contributed by atoms with Crippen molar-refractivity contribution in [1.82, 2.24) is 0 Å². The fraction of sp³-hybridized carbons (Fsp3) is 0.333. The number of hydrogen-bond acceptors (Lipinski definition) is 6. The Morgan fingerprint density at radius 3 is 2.40 bits per heavy atom. The van der Waals surface area contributed by atoms with Crippen molar-refractivity contribution in [2.75, 3.05) is 32.5 Å². The monoisotopic (exact) mass is 379 g/mol. The van der Waals surface area contributed by atoms with Crippen molar-refractivity contribution in [2.24, 2.45) is 0 Å². The normalized spacial score (nSPS) is 15.2. The Morgan fingerprint density at radius 1 is 1.20 bits per heavy atom. The van der Waals surface area contributed by atoms with E-state index in [2.05, 4.69) is 9.47 Å². The fourth-order valence-corrected chi connectivity index (χ4v) is 2.62. The number of hydrogen-bond donors (Lipinski definition) is 0. The number of carbonyl (C=O) groups excluding carboxylic acids is 2. The molecule has 0 aliphatic carbocycles. The second-order valence-electron chi connectivity index (χ2n) is 4.85. The van der Waals surface area contributed by atoms with E-state index in [0.717, 1.165) is 31.3 Å². The smallest absolute Gasteiger partial charge is 0.418 e. The van der Waals surface area contributed by atoms with Crippen LogP contribution in [0.5, 0.6) is 0 Å². The van der Waals surface area contributed by atoms with Crippen LogP contribution in [-0.2, 0) is 30.0 Å². The molecule has 1 heterocycles. The molecule has 136 valence electrons. The van der Waals surface area contributed by atoms with Crippen molar-refractivity contribution in [3.05, 3.63) is 40.1 Å². The van der Waals surface area contributed by atoms with Crippen LogP contribution in [0.4, 0.5) is 18.9 Å². The fourth-order valence-electron chi connectivity index (χ4n) is 2.34. The molecule has 0 spiro atoms. The number of alkyl halides is 3. The number of halogens is 4. The van der Waals surface area contributed by atoms with E-state index >= 15 is 0 Å². The number of anilines is 1. The molecule has 0 unspecified atom stereocenters. The van der Waals surface area contributed by atoms with Gasteiger partial charge in [-0.05, 0) is 12.1 Å². The van der Waals surface area contributed by atoms with Gasteiger partial charge in [-0.25, -0.2) is 9.59 Å². The Balaban J connectivity index is 2.73. The van der Waals surface area contributed by atoms with Gasteiger partial charge >= 0.3 is 18.1 Å². The summed E-state index contributed by atoms with van der Waals surface area (Å²) in [6.45, 7) is -0.753. The quantitative estimate of drug-likeness (QED) is 0.752. The third-order valence-electron chi connectivity index (χ3n) is 3.40. The summed E-state index contributed by atoms with van der Waals surface area (Å²) in [5.41, 5.74) is -2.29. The molecular formula is C15H13ClF3NO5. The average Bonchev–Trinajstić information content (AvgIpc) is 2.58. The van der Waals surface area contributed by atoms with E-state index in [1.807, 2.05) is 0 Å². The Hall–Kier alpha value is -2.26. The van der Waals surface area contributed by atoms with Gasteiger partial charge in [-0.15, -0.1) is 0 Å². The zero-order valence-electron chi connectivity index (χ0n) is 13.1. The van der Waals surface area contributed by atoms with Crippen molar-refractivity contribution in [2.45, 2.75) is 6.18 Å². The summed E-state index contributed by atoms with van der Waals surface area (Å²) in [4.78, 5) is 24.9. The molecular weight excluding hydrogens is 367 g/mol. The molecule has 0 saturated heterocycles. The van der Waals surface area contributed by atoms with E-state index in [1.54, 1.807) is 0 Å². The van der Waals surface area contributed by atoms with Gasteiger partial charge in [0.1, 0.15) is 12.4 Å². The van der Waals surface area contributed by atoms with Gasteiger partial charge in [0.15, 0.2) is 0 Å². The maximum absolute atomic E-state index is 13.4. The molecule has 10 heteroatoms. The van der Waals surface area contributed by atoms with Crippen LogP contribution in [0.1, 0.15) is 5.56 Å². The van der Waals surface area contributed by atoms with Crippen molar-refractivity contribution in [1.29, 1.82) is 0 Å². The van der Waals surface area contributed by atoms with Gasteiger partial charge in [0.05, 0.1) is 42.7 Å². The molecule has 6 nitrogen and oxygen atoms in total. The first-order valence-corrected chi connectivity index (χ1v) is 7.21. The zero-order chi connectivity index (χ0) is 18.8. The number of para-hydroxylation sites is 1. The minimum Gasteiger partial charge on any atom is -0.466 e. The lowest BCUT2D eigenvalue weighted by Crippen LogP contribution is -2.39. The number of nitrogens with zero attached hydrogens (tertiary/aromatic N) is 1. The Kier molecular flexibility index (Phi) is 5.58. The van der Waals surface area contributed by atoms with Crippen molar-refractivity contribution in [3.8, 4) is 0 Å². The SMILES string of the molecule is COC(=O)C1=C(C(=O)OC)N(c2c(Cl)cccc2C(F)(F)F)COC1. The van der Waals surface area contributed by atoms with Crippen LogP contribution in [0.25, 0.3) is 0 Å². The summed E-state index contributed by atoms with van der Waals surface area (Å²) >= 11 is 5.96. The van der Waals surface area contributed by atoms with E-state index in [4.69, 9.17) is 16.3 Å². The van der Waals surface area contributed by atoms with Gasteiger partial charge in [0.25, 0.3) is 0 Å². The molecule has 0 atom stereocenters. The highest BCUT2D eigenvalue weighted by atomic mass is 35.5. The molecule has 1 aromatic carbocycles. The van der Waals surface area contributed by atoms with Gasteiger partial charge in [0.2, 0.25) is 0 Å². The largest absolute Gasteiger partial charge is 0.466 e. The lowest BCUT2D eigenvalue weighted by atomic mass is 10.1.